The molecular weight excluding hydrogens is 600 g/mol. The Morgan fingerprint density at radius 2 is 1.20 bits per heavy atom. The van der Waals surface area contributed by atoms with Crippen molar-refractivity contribution in [2.24, 2.45) is 4.99 Å². The van der Waals surface area contributed by atoms with E-state index in [2.05, 4.69) is 74.7 Å². The molecular formula is C33H43Cl2N3NiO2. The van der Waals surface area contributed by atoms with Gasteiger partial charge in [0.25, 0.3) is 0 Å². The van der Waals surface area contributed by atoms with Gasteiger partial charge in [-0.25, -0.2) is 0 Å². The summed E-state index contributed by atoms with van der Waals surface area (Å²) < 4.78 is 0. The Morgan fingerprint density at radius 1 is 0.707 bits per heavy atom. The average molecular weight is 643 g/mol. The van der Waals surface area contributed by atoms with Gasteiger partial charge in [-0.3, -0.25) is 15.0 Å². The van der Waals surface area contributed by atoms with Crippen molar-refractivity contribution in [2.75, 3.05) is 0 Å². The van der Waals surface area contributed by atoms with Crippen molar-refractivity contribution in [3.05, 3.63) is 74.8 Å². The maximum Gasteiger partial charge on any atom is 2.00 e. The first-order valence-corrected chi connectivity index (χ1v) is 14.2. The monoisotopic (exact) mass is 641 g/mol. The fraction of sp³-hybridized carbons (Fsp3) is 0.485. The molecule has 0 fully saturated rings. The van der Waals surface area contributed by atoms with Crippen LogP contribution in [0.1, 0.15) is 111 Å². The van der Waals surface area contributed by atoms with Crippen LogP contribution in [-0.4, -0.2) is 16.2 Å². The first kappa shape index (κ1) is 36.9. The Labute approximate surface area is 266 Å². The minimum Gasteiger partial charge on any atom is -0.873 e. The summed E-state index contributed by atoms with van der Waals surface area (Å²) in [6.45, 7) is 24.3. The summed E-state index contributed by atoms with van der Waals surface area (Å²) in [6, 6.07) is 6.60. The van der Waals surface area contributed by atoms with Crippen molar-refractivity contribution < 1.29 is 26.7 Å². The normalized spacial score (nSPS) is 12.5. The molecule has 5 nitrogen and oxygen atoms in total. The molecule has 0 N–H and O–H groups in total. The van der Waals surface area contributed by atoms with Gasteiger partial charge in [0.2, 0.25) is 0 Å². The van der Waals surface area contributed by atoms with Crippen LogP contribution in [0.15, 0.2) is 41.8 Å². The molecule has 0 amide bonds. The molecule has 3 rings (SSSR count). The molecule has 1 aromatic heterocycles. The zero-order valence-corrected chi connectivity index (χ0v) is 28.8. The van der Waals surface area contributed by atoms with Gasteiger partial charge in [0.05, 0.1) is 33.8 Å². The first-order valence-electron chi connectivity index (χ1n) is 13.4. The quantitative estimate of drug-likeness (QED) is 0.207. The summed E-state index contributed by atoms with van der Waals surface area (Å²) in [4.78, 5) is 13.0. The minimum absolute atomic E-state index is 0. The molecule has 2 aromatic carbocycles. The molecule has 0 unspecified atom stereocenters. The van der Waals surface area contributed by atoms with E-state index < -0.39 is 22.3 Å². The van der Waals surface area contributed by atoms with E-state index in [1.54, 1.807) is 24.8 Å². The van der Waals surface area contributed by atoms with Gasteiger partial charge in [0.1, 0.15) is 0 Å². The Morgan fingerprint density at radius 3 is 1.56 bits per heavy atom. The van der Waals surface area contributed by atoms with Crippen LogP contribution in [0, 0.1) is 0 Å². The molecule has 0 spiro atoms. The number of hydrogen-bond donors (Lipinski definition) is 0. The third-order valence-electron chi connectivity index (χ3n) is 6.38. The van der Waals surface area contributed by atoms with Gasteiger partial charge in [-0.1, -0.05) is 118 Å². The SMILES string of the molecule is CC(C)(C)c1c([O-])c([O-])c(C(C)(C)C)c(Cl)c1Cl.CC(C)(C)c1ccc(C(C)(C)C)c(N=Cc2cnccn2)c1.[Ni+2]. The van der Waals surface area contributed by atoms with Crippen molar-refractivity contribution in [2.45, 2.75) is 105 Å². The zero-order valence-electron chi connectivity index (χ0n) is 26.3. The van der Waals surface area contributed by atoms with Gasteiger partial charge in [-0.15, -0.1) is 11.5 Å². The van der Waals surface area contributed by atoms with Crippen molar-refractivity contribution in [3.63, 3.8) is 0 Å². The molecule has 0 aliphatic rings. The predicted octanol–water partition coefficient (Wildman–Crippen LogP) is 8.56. The molecule has 3 aromatic rings. The molecule has 41 heavy (non-hydrogen) atoms. The van der Waals surface area contributed by atoms with Crippen LogP contribution < -0.4 is 10.2 Å². The number of benzene rings is 2. The van der Waals surface area contributed by atoms with Crippen LogP contribution in [0.5, 0.6) is 11.5 Å². The molecule has 1 heterocycles. The van der Waals surface area contributed by atoms with Crippen molar-refractivity contribution in [1.82, 2.24) is 9.97 Å². The molecule has 0 aliphatic carbocycles. The first-order chi connectivity index (χ1) is 18.1. The largest absolute Gasteiger partial charge is 2.00 e. The van der Waals surface area contributed by atoms with Crippen LogP contribution in [0.3, 0.4) is 0 Å². The number of nitrogens with zero attached hydrogens (tertiary/aromatic N) is 3. The summed E-state index contributed by atoms with van der Waals surface area (Å²) in [5.74, 6) is -1.08. The van der Waals surface area contributed by atoms with Crippen LogP contribution in [0.4, 0.5) is 5.69 Å². The van der Waals surface area contributed by atoms with Crippen molar-refractivity contribution in [3.8, 4) is 11.5 Å². The second-order valence-electron chi connectivity index (χ2n) is 14.2. The topological polar surface area (TPSA) is 84.3 Å². The zero-order chi connectivity index (χ0) is 30.8. The minimum atomic E-state index is -0.540. The van der Waals surface area contributed by atoms with E-state index in [0.717, 1.165) is 11.4 Å². The summed E-state index contributed by atoms with van der Waals surface area (Å²) in [5.41, 5.74) is 4.03. The van der Waals surface area contributed by atoms with Crippen molar-refractivity contribution >= 4 is 35.1 Å². The Bertz CT molecular complexity index is 1290. The number of rotatable bonds is 2. The van der Waals surface area contributed by atoms with Crippen LogP contribution >= 0.6 is 23.2 Å². The third kappa shape index (κ3) is 9.43. The molecule has 0 atom stereocenters. The van der Waals surface area contributed by atoms with Crippen molar-refractivity contribution in [1.29, 1.82) is 0 Å². The maximum atomic E-state index is 12.2. The number of aliphatic imine (C=N–C) groups is 1. The Hall–Kier alpha value is -2.14. The number of hydrogen-bond acceptors (Lipinski definition) is 5. The summed E-state index contributed by atoms with van der Waals surface area (Å²) in [7, 11) is 0. The van der Waals surface area contributed by atoms with E-state index in [9.17, 15) is 10.2 Å². The number of halogens is 2. The van der Waals surface area contributed by atoms with E-state index in [0.29, 0.717) is 11.1 Å². The summed E-state index contributed by atoms with van der Waals surface area (Å²) >= 11 is 12.4. The van der Waals surface area contributed by atoms with E-state index in [4.69, 9.17) is 23.2 Å². The van der Waals surface area contributed by atoms with Gasteiger partial charge in [-0.05, 0) is 50.0 Å². The fourth-order valence-corrected chi connectivity index (χ4v) is 5.17. The van der Waals surface area contributed by atoms with Gasteiger partial charge in [-0.2, -0.15) is 0 Å². The van der Waals surface area contributed by atoms with Gasteiger partial charge >= 0.3 is 16.5 Å². The van der Waals surface area contributed by atoms with Crippen LogP contribution in [0.25, 0.3) is 0 Å². The molecule has 8 heteroatoms. The molecule has 0 bridgehead atoms. The summed E-state index contributed by atoms with van der Waals surface area (Å²) in [6.07, 6.45) is 6.84. The molecule has 0 aliphatic heterocycles. The van der Waals surface area contributed by atoms with Gasteiger partial charge < -0.3 is 10.2 Å². The Kier molecular flexibility index (Phi) is 12.1. The van der Waals surface area contributed by atoms with E-state index >= 15 is 0 Å². The van der Waals surface area contributed by atoms with E-state index in [1.165, 1.54) is 11.1 Å². The second kappa shape index (κ2) is 13.4. The third-order valence-corrected chi connectivity index (χ3v) is 7.24. The fourth-order valence-electron chi connectivity index (χ4n) is 4.24. The molecule has 226 valence electrons. The molecule has 0 saturated heterocycles. The number of aromatic nitrogens is 2. The van der Waals surface area contributed by atoms with E-state index in [-0.39, 0.29) is 37.4 Å². The Balaban J connectivity index is 0.000000409. The van der Waals surface area contributed by atoms with Gasteiger partial charge in [0, 0.05) is 12.4 Å². The predicted molar refractivity (Wildman–Crippen MR) is 166 cm³/mol. The van der Waals surface area contributed by atoms with E-state index in [1.807, 2.05) is 41.5 Å². The average Bonchev–Trinajstić information content (AvgIpc) is 2.80. The smallest absolute Gasteiger partial charge is 0.873 e. The summed E-state index contributed by atoms with van der Waals surface area (Å²) in [5, 5.41) is 24.8. The van der Waals surface area contributed by atoms with Crippen LogP contribution in [0.2, 0.25) is 10.0 Å². The second-order valence-corrected chi connectivity index (χ2v) is 14.9. The standard InChI is InChI=1S/C19H25N3.C14H20Cl2O2.Ni/c1-18(2,3)14-7-8-16(19(4,5)6)17(11-14)22-13-15-12-20-9-10-21-15;1-13(2,3)7-9(15)10(16)8(14(4,5)6)12(18)11(7)17;/h7-13H,1-6H3;17-18H,1-6H3;/q;;+2/p-2. The molecule has 0 radical (unpaired) electrons. The van der Waals surface area contributed by atoms with Crippen LogP contribution in [-0.2, 0) is 38.2 Å². The molecule has 0 saturated carbocycles. The van der Waals surface area contributed by atoms with Gasteiger partial charge in [0.15, 0.2) is 0 Å². The maximum absolute atomic E-state index is 12.2.